The number of para-hydroxylation sites is 1. The maximum absolute atomic E-state index is 12.4. The second-order valence-electron chi connectivity index (χ2n) is 6.53. The lowest BCUT2D eigenvalue weighted by molar-refractivity contribution is -0.121. The van der Waals surface area contributed by atoms with Crippen LogP contribution in [0.15, 0.2) is 54.6 Å². The zero-order chi connectivity index (χ0) is 19.1. The minimum absolute atomic E-state index is 0.0855. The smallest absolute Gasteiger partial charge is 0.220 e. The first-order valence-electron chi connectivity index (χ1n) is 9.61. The molecule has 0 bridgehead atoms. The highest BCUT2D eigenvalue weighted by atomic mass is 32.1. The number of hydrogen-bond donors (Lipinski definition) is 1. The molecule has 1 N–H and O–H groups in total. The Morgan fingerprint density at radius 2 is 1.78 bits per heavy atom. The quantitative estimate of drug-likeness (QED) is 0.596. The fraction of sp³-hybridized carbons (Fsp3) is 0.364. The lowest BCUT2D eigenvalue weighted by Crippen LogP contribution is -2.38. The van der Waals surface area contributed by atoms with Crippen LogP contribution in [0.25, 0.3) is 10.2 Å². The molecular weight excluding hydrogens is 354 g/mol. The minimum Gasteiger partial charge on any atom is -0.354 e. The van der Waals surface area contributed by atoms with Crippen LogP contribution in [-0.4, -0.2) is 35.4 Å². The Morgan fingerprint density at radius 1 is 1.07 bits per heavy atom. The van der Waals surface area contributed by atoms with Crippen LogP contribution in [0.1, 0.15) is 36.9 Å². The molecule has 0 saturated heterocycles. The van der Waals surface area contributed by atoms with E-state index in [-0.39, 0.29) is 11.9 Å². The lowest BCUT2D eigenvalue weighted by Gasteiger charge is -2.30. The van der Waals surface area contributed by atoms with Crippen molar-refractivity contribution < 1.29 is 4.79 Å². The Hall–Kier alpha value is -2.24. The summed E-state index contributed by atoms with van der Waals surface area (Å²) in [5, 5.41) is 4.15. The summed E-state index contributed by atoms with van der Waals surface area (Å²) in [5.74, 6) is 0.0855. The molecule has 1 unspecified atom stereocenters. The van der Waals surface area contributed by atoms with E-state index >= 15 is 0 Å². The number of aromatic nitrogens is 1. The number of benzene rings is 2. The normalized spacial score (nSPS) is 12.4. The number of aryl methyl sites for hydroxylation is 1. The standard InChI is InChI=1S/C22H27N3OS/c1-3-25(4-2)19(17-10-6-5-7-11-17)16-23-21(26)14-15-22-24-18-12-8-9-13-20(18)27-22/h5-13,19H,3-4,14-16H2,1-2H3,(H,23,26). The summed E-state index contributed by atoms with van der Waals surface area (Å²) >= 11 is 1.67. The maximum atomic E-state index is 12.4. The van der Waals surface area contributed by atoms with Crippen LogP contribution in [0, 0.1) is 0 Å². The number of carbonyl (C=O) groups is 1. The van der Waals surface area contributed by atoms with E-state index in [1.165, 1.54) is 10.3 Å². The number of thiazole rings is 1. The first-order chi connectivity index (χ1) is 13.2. The van der Waals surface area contributed by atoms with E-state index in [2.05, 4.69) is 59.4 Å². The van der Waals surface area contributed by atoms with E-state index in [4.69, 9.17) is 0 Å². The van der Waals surface area contributed by atoms with Gasteiger partial charge in [0.05, 0.1) is 21.3 Å². The Kier molecular flexibility index (Phi) is 6.96. The molecule has 0 aliphatic carbocycles. The molecule has 5 heteroatoms. The molecule has 4 nitrogen and oxygen atoms in total. The molecule has 1 amide bonds. The lowest BCUT2D eigenvalue weighted by atomic mass is 10.0. The average Bonchev–Trinajstić information content (AvgIpc) is 3.13. The Balaban J connectivity index is 1.57. The van der Waals surface area contributed by atoms with Gasteiger partial charge in [-0.25, -0.2) is 4.98 Å². The molecule has 1 aromatic heterocycles. The maximum Gasteiger partial charge on any atom is 0.220 e. The van der Waals surface area contributed by atoms with Crippen LogP contribution in [0.2, 0.25) is 0 Å². The van der Waals surface area contributed by atoms with Gasteiger partial charge >= 0.3 is 0 Å². The van der Waals surface area contributed by atoms with E-state index in [0.717, 1.165) is 23.6 Å². The third kappa shape index (κ3) is 5.15. The second-order valence-corrected chi connectivity index (χ2v) is 7.64. The van der Waals surface area contributed by atoms with Gasteiger partial charge in [0.2, 0.25) is 5.91 Å². The predicted octanol–water partition coefficient (Wildman–Crippen LogP) is 4.43. The Bertz CT molecular complexity index is 825. The zero-order valence-electron chi connectivity index (χ0n) is 16.0. The molecular formula is C22H27N3OS. The summed E-state index contributed by atoms with van der Waals surface area (Å²) in [6.07, 6.45) is 1.16. The Morgan fingerprint density at radius 3 is 2.48 bits per heavy atom. The van der Waals surface area contributed by atoms with Crippen molar-refractivity contribution in [2.75, 3.05) is 19.6 Å². The number of fused-ring (bicyclic) bond motifs is 1. The van der Waals surface area contributed by atoms with Crippen molar-refractivity contribution in [1.82, 2.24) is 15.2 Å². The number of rotatable bonds is 9. The third-order valence-corrected chi connectivity index (χ3v) is 5.93. The molecule has 0 aliphatic rings. The summed E-state index contributed by atoms with van der Waals surface area (Å²) in [5.41, 5.74) is 2.26. The predicted molar refractivity (Wildman–Crippen MR) is 113 cm³/mol. The first kappa shape index (κ1) is 19.5. The van der Waals surface area contributed by atoms with Crippen molar-refractivity contribution in [1.29, 1.82) is 0 Å². The van der Waals surface area contributed by atoms with Crippen molar-refractivity contribution in [3.05, 3.63) is 65.2 Å². The molecule has 3 aromatic rings. The van der Waals surface area contributed by atoms with E-state index in [1.54, 1.807) is 11.3 Å². The van der Waals surface area contributed by atoms with E-state index in [1.807, 2.05) is 24.3 Å². The van der Waals surface area contributed by atoms with Gasteiger partial charge in [0.15, 0.2) is 0 Å². The van der Waals surface area contributed by atoms with Gasteiger partial charge in [0, 0.05) is 19.4 Å². The molecule has 1 atom stereocenters. The molecule has 3 rings (SSSR count). The molecule has 0 fully saturated rings. The molecule has 1 heterocycles. The summed E-state index contributed by atoms with van der Waals surface area (Å²) in [4.78, 5) is 19.4. The highest BCUT2D eigenvalue weighted by Gasteiger charge is 2.18. The van der Waals surface area contributed by atoms with Gasteiger partial charge in [-0.2, -0.15) is 0 Å². The van der Waals surface area contributed by atoms with Gasteiger partial charge in [-0.3, -0.25) is 9.69 Å². The summed E-state index contributed by atoms with van der Waals surface area (Å²) in [6.45, 7) is 6.86. The molecule has 0 radical (unpaired) electrons. The number of carbonyl (C=O) groups excluding carboxylic acids is 1. The van der Waals surface area contributed by atoms with E-state index in [9.17, 15) is 4.79 Å². The second kappa shape index (κ2) is 9.62. The molecule has 27 heavy (non-hydrogen) atoms. The number of amides is 1. The molecule has 0 aliphatic heterocycles. The largest absolute Gasteiger partial charge is 0.354 e. The Labute approximate surface area is 165 Å². The van der Waals surface area contributed by atoms with Crippen LogP contribution in [0.4, 0.5) is 0 Å². The first-order valence-corrected chi connectivity index (χ1v) is 10.4. The molecule has 0 spiro atoms. The van der Waals surface area contributed by atoms with Crippen LogP contribution >= 0.6 is 11.3 Å². The topological polar surface area (TPSA) is 45.2 Å². The number of nitrogens with zero attached hydrogens (tertiary/aromatic N) is 2. The van der Waals surface area contributed by atoms with E-state index < -0.39 is 0 Å². The highest BCUT2D eigenvalue weighted by molar-refractivity contribution is 7.18. The van der Waals surface area contributed by atoms with Gasteiger partial charge < -0.3 is 5.32 Å². The molecule has 0 saturated carbocycles. The number of nitrogens with one attached hydrogen (secondary N) is 1. The van der Waals surface area contributed by atoms with Crippen molar-refractivity contribution in [3.63, 3.8) is 0 Å². The van der Waals surface area contributed by atoms with Crippen LogP contribution in [-0.2, 0) is 11.2 Å². The van der Waals surface area contributed by atoms with Gasteiger partial charge in [-0.15, -0.1) is 11.3 Å². The monoisotopic (exact) mass is 381 g/mol. The van der Waals surface area contributed by atoms with Gasteiger partial charge in [-0.05, 0) is 30.8 Å². The molecule has 2 aromatic carbocycles. The number of likely N-dealkylation sites (N-methyl/N-ethyl adjacent to an activating group) is 1. The van der Waals surface area contributed by atoms with E-state index in [0.29, 0.717) is 19.4 Å². The van der Waals surface area contributed by atoms with Crippen molar-refractivity contribution in [2.45, 2.75) is 32.7 Å². The number of hydrogen-bond acceptors (Lipinski definition) is 4. The van der Waals surface area contributed by atoms with Crippen molar-refractivity contribution in [2.24, 2.45) is 0 Å². The summed E-state index contributed by atoms with van der Waals surface area (Å²) in [7, 11) is 0. The van der Waals surface area contributed by atoms with Crippen LogP contribution in [0.3, 0.4) is 0 Å². The van der Waals surface area contributed by atoms with Crippen LogP contribution in [0.5, 0.6) is 0 Å². The van der Waals surface area contributed by atoms with Crippen molar-refractivity contribution in [3.8, 4) is 0 Å². The fourth-order valence-electron chi connectivity index (χ4n) is 3.34. The minimum atomic E-state index is 0.0855. The summed E-state index contributed by atoms with van der Waals surface area (Å²) < 4.78 is 1.18. The highest BCUT2D eigenvalue weighted by Crippen LogP contribution is 2.23. The van der Waals surface area contributed by atoms with Gasteiger partial charge in [-0.1, -0.05) is 56.3 Å². The zero-order valence-corrected chi connectivity index (χ0v) is 16.8. The average molecular weight is 382 g/mol. The SMILES string of the molecule is CCN(CC)C(CNC(=O)CCc1nc2ccccc2s1)c1ccccc1. The fourth-order valence-corrected chi connectivity index (χ4v) is 4.31. The van der Waals surface area contributed by atoms with Gasteiger partial charge in [0.1, 0.15) is 0 Å². The van der Waals surface area contributed by atoms with Gasteiger partial charge in [0.25, 0.3) is 0 Å². The summed E-state index contributed by atoms with van der Waals surface area (Å²) in [6, 6.07) is 18.7. The van der Waals surface area contributed by atoms with Crippen LogP contribution < -0.4 is 5.32 Å². The van der Waals surface area contributed by atoms with Crippen molar-refractivity contribution >= 4 is 27.5 Å². The molecule has 142 valence electrons. The third-order valence-electron chi connectivity index (χ3n) is 4.83.